The summed E-state index contributed by atoms with van der Waals surface area (Å²) in [5, 5.41) is 10.7. The molecule has 0 aliphatic rings. The van der Waals surface area contributed by atoms with Gasteiger partial charge in [-0.05, 0) is 40.6 Å². The number of hydrogen-bond acceptors (Lipinski definition) is 4. The van der Waals surface area contributed by atoms with Crippen LogP contribution in [0.25, 0.3) is 23.5 Å². The van der Waals surface area contributed by atoms with E-state index in [1.165, 1.54) is 12.1 Å². The number of nitro groups is 1. The molecule has 0 unspecified atom stereocenters. The molecule has 3 rings (SSSR count). The Morgan fingerprint density at radius 3 is 2.10 bits per heavy atom. The van der Waals surface area contributed by atoms with Crippen molar-refractivity contribution in [3.8, 4) is 17.1 Å². The Morgan fingerprint density at radius 1 is 1.03 bits per heavy atom. The lowest BCUT2D eigenvalue weighted by atomic mass is 10.1. The molecular formula is C19H17BF4N2O4. The number of nitro benzene ring substituents is 1. The van der Waals surface area contributed by atoms with Gasteiger partial charge in [0.05, 0.1) is 18.1 Å². The van der Waals surface area contributed by atoms with Gasteiger partial charge in [0, 0.05) is 23.8 Å². The van der Waals surface area contributed by atoms with E-state index in [-0.39, 0.29) is 5.69 Å². The second-order valence-corrected chi connectivity index (χ2v) is 5.93. The maximum atomic E-state index is 10.7. The largest absolute Gasteiger partial charge is 0.673 e. The number of non-ortho nitro benzene ring substituents is 1. The van der Waals surface area contributed by atoms with E-state index in [0.717, 1.165) is 22.6 Å². The van der Waals surface area contributed by atoms with Crippen molar-refractivity contribution in [2.24, 2.45) is 7.05 Å². The van der Waals surface area contributed by atoms with Gasteiger partial charge in [0.2, 0.25) is 5.76 Å². The molecule has 0 bridgehead atoms. The van der Waals surface area contributed by atoms with E-state index in [4.69, 9.17) is 9.26 Å². The zero-order chi connectivity index (χ0) is 22.3. The highest BCUT2D eigenvalue weighted by Crippen LogP contribution is 2.23. The van der Waals surface area contributed by atoms with Crippen LogP contribution in [0.3, 0.4) is 0 Å². The summed E-state index contributed by atoms with van der Waals surface area (Å²) in [7, 11) is -2.56. The number of aryl methyl sites for hydroxylation is 1. The zero-order valence-electron chi connectivity index (χ0n) is 16.0. The van der Waals surface area contributed by atoms with E-state index in [2.05, 4.69) is 0 Å². The lowest BCUT2D eigenvalue weighted by molar-refractivity contribution is -0.844. The molecule has 0 N–H and O–H groups in total. The summed E-state index contributed by atoms with van der Waals surface area (Å²) in [5.41, 5.74) is 2.76. The number of hydrogen-bond donors (Lipinski definition) is 0. The predicted molar refractivity (Wildman–Crippen MR) is 104 cm³/mol. The van der Waals surface area contributed by atoms with Crippen molar-refractivity contribution >= 4 is 25.1 Å². The summed E-state index contributed by atoms with van der Waals surface area (Å²) in [6.07, 6.45) is 3.92. The first-order valence-electron chi connectivity index (χ1n) is 8.51. The van der Waals surface area contributed by atoms with Crippen LogP contribution in [-0.2, 0) is 7.05 Å². The summed E-state index contributed by atoms with van der Waals surface area (Å²) in [5.74, 6) is 1.46. The van der Waals surface area contributed by atoms with Gasteiger partial charge in [-0.1, -0.05) is 12.1 Å². The molecule has 2 aromatic carbocycles. The molecular weight excluding hydrogens is 407 g/mol. The molecule has 11 heteroatoms. The molecule has 0 amide bonds. The minimum Gasteiger partial charge on any atom is -0.497 e. The van der Waals surface area contributed by atoms with Gasteiger partial charge in [-0.25, -0.2) is 4.52 Å². The van der Waals surface area contributed by atoms with Crippen LogP contribution in [0.2, 0.25) is 0 Å². The number of halogens is 4. The number of nitrogens with zero attached hydrogens (tertiary/aromatic N) is 2. The van der Waals surface area contributed by atoms with Gasteiger partial charge in [0.15, 0.2) is 7.05 Å². The average molecular weight is 424 g/mol. The molecule has 3 aromatic rings. The van der Waals surface area contributed by atoms with E-state index in [9.17, 15) is 27.4 Å². The minimum atomic E-state index is -6.00. The Balaban J connectivity index is 0.000000575. The highest BCUT2D eigenvalue weighted by molar-refractivity contribution is 6.50. The highest BCUT2D eigenvalue weighted by Gasteiger charge is 2.20. The van der Waals surface area contributed by atoms with Crippen molar-refractivity contribution < 1.29 is 36.2 Å². The van der Waals surface area contributed by atoms with Crippen LogP contribution in [0.5, 0.6) is 5.75 Å². The van der Waals surface area contributed by atoms with Crippen LogP contribution in [0.1, 0.15) is 11.3 Å². The third-order valence-electron chi connectivity index (χ3n) is 3.80. The Kier molecular flexibility index (Phi) is 7.35. The standard InChI is InChI=1S/C19H17N2O4.BF4/c1-20-17(8-3-14-4-11-18(24-2)12-5-14)13-19(25-20)15-6-9-16(10-7-15)21(22)23;2-1(3,4)5/h3-13H,1-2H3;/q+1;-1/b8-3+;. The lowest BCUT2D eigenvalue weighted by Gasteiger charge is -1.98. The molecule has 0 atom stereocenters. The number of ether oxygens (including phenoxy) is 1. The Bertz CT molecular complexity index is 1010. The summed E-state index contributed by atoms with van der Waals surface area (Å²) in [6.45, 7) is 0. The highest BCUT2D eigenvalue weighted by atomic mass is 19.5. The van der Waals surface area contributed by atoms with E-state index >= 15 is 0 Å². The summed E-state index contributed by atoms with van der Waals surface area (Å²) in [4.78, 5) is 10.3. The second-order valence-electron chi connectivity index (χ2n) is 5.93. The molecule has 0 fully saturated rings. The normalized spacial score (nSPS) is 11.1. The second kappa shape index (κ2) is 9.72. The van der Waals surface area contributed by atoms with Gasteiger partial charge in [0.1, 0.15) is 5.75 Å². The topological polar surface area (TPSA) is 69.4 Å². The van der Waals surface area contributed by atoms with Crippen molar-refractivity contribution in [1.29, 1.82) is 0 Å². The number of benzene rings is 2. The molecule has 0 saturated heterocycles. The quantitative estimate of drug-likeness (QED) is 0.187. The summed E-state index contributed by atoms with van der Waals surface area (Å²) < 4.78 is 51.5. The van der Waals surface area contributed by atoms with Crippen molar-refractivity contribution in [3.05, 3.63) is 76.0 Å². The van der Waals surface area contributed by atoms with Crippen LogP contribution in [0.4, 0.5) is 23.0 Å². The van der Waals surface area contributed by atoms with Crippen LogP contribution in [0, 0.1) is 10.1 Å². The molecule has 0 saturated carbocycles. The smallest absolute Gasteiger partial charge is 0.497 e. The van der Waals surface area contributed by atoms with Crippen molar-refractivity contribution in [2.75, 3.05) is 7.11 Å². The van der Waals surface area contributed by atoms with E-state index in [0.29, 0.717) is 5.76 Å². The van der Waals surface area contributed by atoms with Crippen LogP contribution < -0.4 is 9.48 Å². The van der Waals surface area contributed by atoms with E-state index < -0.39 is 12.2 Å². The van der Waals surface area contributed by atoms with Crippen molar-refractivity contribution in [3.63, 3.8) is 0 Å². The monoisotopic (exact) mass is 424 g/mol. The molecule has 1 heterocycles. The molecule has 158 valence electrons. The first-order valence-corrected chi connectivity index (χ1v) is 8.51. The van der Waals surface area contributed by atoms with Crippen molar-refractivity contribution in [1.82, 2.24) is 0 Å². The minimum absolute atomic E-state index is 0.0549. The lowest BCUT2D eigenvalue weighted by Crippen LogP contribution is -2.27. The summed E-state index contributed by atoms with van der Waals surface area (Å²) >= 11 is 0. The Morgan fingerprint density at radius 2 is 1.60 bits per heavy atom. The molecule has 0 radical (unpaired) electrons. The van der Waals surface area contributed by atoms with Gasteiger partial charge in [0.25, 0.3) is 11.4 Å². The molecule has 30 heavy (non-hydrogen) atoms. The maximum Gasteiger partial charge on any atom is 0.673 e. The van der Waals surface area contributed by atoms with Gasteiger partial charge in [-0.15, -0.1) is 0 Å². The molecule has 1 aromatic heterocycles. The average Bonchev–Trinajstić information content (AvgIpc) is 3.06. The first kappa shape index (κ1) is 22.7. The first-order chi connectivity index (χ1) is 14.1. The van der Waals surface area contributed by atoms with Gasteiger partial charge >= 0.3 is 7.25 Å². The molecule has 0 aliphatic heterocycles. The Hall–Kier alpha value is -3.63. The fourth-order valence-corrected chi connectivity index (χ4v) is 2.38. The third-order valence-corrected chi connectivity index (χ3v) is 3.80. The fourth-order valence-electron chi connectivity index (χ4n) is 2.38. The third kappa shape index (κ3) is 7.08. The van der Waals surface area contributed by atoms with Gasteiger partial charge < -0.3 is 22.0 Å². The van der Waals surface area contributed by atoms with Crippen LogP contribution >= 0.6 is 0 Å². The van der Waals surface area contributed by atoms with Gasteiger partial charge in [-0.3, -0.25) is 10.1 Å². The van der Waals surface area contributed by atoms with E-state index in [1.807, 2.05) is 49.5 Å². The predicted octanol–water partition coefficient (Wildman–Crippen LogP) is 5.16. The van der Waals surface area contributed by atoms with Crippen molar-refractivity contribution in [2.45, 2.75) is 0 Å². The maximum absolute atomic E-state index is 10.7. The van der Waals surface area contributed by atoms with Crippen LogP contribution in [0.15, 0.2) is 59.1 Å². The van der Waals surface area contributed by atoms with Gasteiger partial charge in [-0.2, -0.15) is 0 Å². The Labute approximate surface area is 169 Å². The number of aromatic nitrogens is 1. The summed E-state index contributed by atoms with van der Waals surface area (Å²) in [6, 6.07) is 15.9. The van der Waals surface area contributed by atoms with E-state index in [1.54, 1.807) is 24.0 Å². The SMILES string of the molecule is COc1ccc(/C=C/c2cc(-c3ccc([N+](=O)[O-])cc3)o[n+]2C)cc1.F[B-](F)(F)F. The van der Waals surface area contributed by atoms with Crippen LogP contribution in [-0.4, -0.2) is 19.3 Å². The number of rotatable bonds is 5. The molecule has 6 nitrogen and oxygen atoms in total. The number of methoxy groups -OCH3 is 1. The zero-order valence-corrected chi connectivity index (χ0v) is 16.0. The fraction of sp³-hybridized carbons (Fsp3) is 0.105. The molecule has 0 aliphatic carbocycles. The molecule has 0 spiro atoms.